The van der Waals surface area contributed by atoms with Crippen LogP contribution in [0.5, 0.6) is 0 Å². The minimum absolute atomic E-state index is 0.0809. The molecule has 108 valence electrons. The molecule has 0 aliphatic carbocycles. The summed E-state index contributed by atoms with van der Waals surface area (Å²) in [7, 11) is -6.86. The zero-order valence-electron chi connectivity index (χ0n) is 9.61. The number of amides is 1. The average molecular weight is 329 g/mol. The second-order valence-corrected chi connectivity index (χ2v) is 7.64. The van der Waals surface area contributed by atoms with E-state index in [1.54, 1.807) is 4.72 Å². The first-order chi connectivity index (χ1) is 8.64. The lowest BCUT2D eigenvalue weighted by Gasteiger charge is -2.05. The molecule has 0 atom stereocenters. The first kappa shape index (κ1) is 15.8. The van der Waals surface area contributed by atoms with Gasteiger partial charge in [0, 0.05) is 11.4 Å². The Labute approximate surface area is 114 Å². The highest BCUT2D eigenvalue weighted by Gasteiger charge is 2.16. The van der Waals surface area contributed by atoms with Crippen LogP contribution in [0.2, 0.25) is 0 Å². The molecule has 4 N–H and O–H groups in total. The van der Waals surface area contributed by atoms with E-state index in [9.17, 15) is 21.6 Å². The van der Waals surface area contributed by atoms with Gasteiger partial charge in [-0.3, -0.25) is 0 Å². The number of methoxy groups -OCH3 is 1. The quantitative estimate of drug-likeness (QED) is 0.637. The molecule has 12 heteroatoms. The summed E-state index contributed by atoms with van der Waals surface area (Å²) in [6.07, 6.45) is -1.14. The van der Waals surface area contributed by atoms with Gasteiger partial charge in [-0.1, -0.05) is 0 Å². The Hall–Kier alpha value is -1.21. The lowest BCUT2D eigenvalue weighted by molar-refractivity contribution is 0.177. The largest absolute Gasteiger partial charge is 0.452 e. The zero-order valence-corrected chi connectivity index (χ0v) is 12.1. The van der Waals surface area contributed by atoms with E-state index in [4.69, 9.17) is 5.14 Å². The van der Waals surface area contributed by atoms with Crippen molar-refractivity contribution in [3.8, 4) is 0 Å². The highest BCUT2D eigenvalue weighted by atomic mass is 32.2. The number of nitrogens with one attached hydrogen (secondary N) is 2. The van der Waals surface area contributed by atoms with E-state index in [-0.39, 0.29) is 10.8 Å². The molecule has 1 aromatic rings. The number of primary sulfonamides is 1. The molecule has 0 aliphatic heterocycles. The number of sulfonamides is 1. The third-order valence-corrected chi connectivity index (χ3v) is 5.24. The molecule has 0 aliphatic rings. The van der Waals surface area contributed by atoms with Crippen LogP contribution < -0.4 is 14.6 Å². The minimum Gasteiger partial charge on any atom is -0.452 e. The first-order valence-electron chi connectivity index (χ1n) is 4.61. The number of carbonyl (C=O) groups is 1. The summed E-state index contributed by atoms with van der Waals surface area (Å²) in [6.45, 7) is -0.188. The lowest BCUT2D eigenvalue weighted by atomic mass is 10.5. The highest BCUT2D eigenvalue weighted by molar-refractivity contribution is 7.91. The first-order valence-corrected chi connectivity index (χ1v) is 8.45. The van der Waals surface area contributed by atoms with Crippen molar-refractivity contribution in [2.75, 3.05) is 7.11 Å². The number of nitrogens with two attached hydrogens (primary N) is 1. The molecule has 0 aromatic carbocycles. The Morgan fingerprint density at radius 1 is 1.37 bits per heavy atom. The Morgan fingerprint density at radius 3 is 2.47 bits per heavy atom. The summed E-state index contributed by atoms with van der Waals surface area (Å²) < 4.78 is 52.3. The van der Waals surface area contributed by atoms with Crippen molar-refractivity contribution in [1.29, 1.82) is 0 Å². The van der Waals surface area contributed by atoms with Gasteiger partial charge >= 0.3 is 16.3 Å². The fourth-order valence-corrected chi connectivity index (χ4v) is 3.49. The topological polar surface area (TPSA) is 145 Å². The van der Waals surface area contributed by atoms with Gasteiger partial charge in [0.2, 0.25) is 10.0 Å². The molecule has 1 amide bonds. The normalized spacial score (nSPS) is 12.1. The molecule has 1 aromatic heterocycles. The van der Waals surface area contributed by atoms with Crippen molar-refractivity contribution >= 4 is 37.7 Å². The van der Waals surface area contributed by atoms with Crippen LogP contribution in [-0.4, -0.2) is 30.0 Å². The Bertz CT molecular complexity index is 662. The van der Waals surface area contributed by atoms with Crippen LogP contribution in [0.3, 0.4) is 0 Å². The summed E-state index contributed by atoms with van der Waals surface area (Å²) in [4.78, 5) is 11.1. The molecule has 0 saturated carbocycles. The molecule has 0 saturated heterocycles. The number of hydrogen-bond acceptors (Lipinski definition) is 7. The van der Waals surface area contributed by atoms with Crippen LogP contribution in [0.25, 0.3) is 0 Å². The second kappa shape index (κ2) is 5.83. The zero-order chi connectivity index (χ0) is 14.7. The lowest BCUT2D eigenvalue weighted by Crippen LogP contribution is -2.39. The Morgan fingerprint density at radius 2 is 2.00 bits per heavy atom. The van der Waals surface area contributed by atoms with Crippen molar-refractivity contribution in [1.82, 2.24) is 9.44 Å². The smallest absolute Gasteiger partial charge is 0.421 e. The maximum absolute atomic E-state index is 11.3. The van der Waals surface area contributed by atoms with Crippen molar-refractivity contribution in [3.63, 3.8) is 0 Å². The SMILES string of the molecule is COC(=O)NS(=O)(=O)NCc1ccc(S(N)(=O)=O)s1. The van der Waals surface area contributed by atoms with E-state index < -0.39 is 26.3 Å². The fourth-order valence-electron chi connectivity index (χ4n) is 0.960. The molecule has 19 heavy (non-hydrogen) atoms. The summed E-state index contributed by atoms with van der Waals surface area (Å²) in [5.41, 5.74) is 0. The van der Waals surface area contributed by atoms with Gasteiger partial charge in [0.25, 0.3) is 0 Å². The summed E-state index contributed by atoms with van der Waals surface area (Å²) >= 11 is 0.821. The van der Waals surface area contributed by atoms with Gasteiger partial charge in [-0.15, -0.1) is 11.3 Å². The van der Waals surface area contributed by atoms with Crippen LogP contribution in [0.4, 0.5) is 4.79 Å². The van der Waals surface area contributed by atoms with Gasteiger partial charge in [-0.25, -0.2) is 23.1 Å². The molecule has 0 fully saturated rings. The number of ether oxygens (including phenoxy) is 1. The summed E-state index contributed by atoms with van der Waals surface area (Å²) in [6, 6.07) is 2.67. The molecular formula is C7H11N3O6S3. The van der Waals surface area contributed by atoms with Gasteiger partial charge in [0.1, 0.15) is 4.21 Å². The molecule has 0 bridgehead atoms. The Kier molecular flexibility index (Phi) is 4.86. The predicted molar refractivity (Wildman–Crippen MR) is 67.0 cm³/mol. The van der Waals surface area contributed by atoms with Gasteiger partial charge in [0.15, 0.2) is 0 Å². The molecule has 0 spiro atoms. The van der Waals surface area contributed by atoms with Crippen LogP contribution >= 0.6 is 11.3 Å². The third kappa shape index (κ3) is 5.12. The molecule has 0 radical (unpaired) electrons. The predicted octanol–water partition coefficient (Wildman–Crippen LogP) is -0.914. The van der Waals surface area contributed by atoms with Crippen LogP contribution in [-0.2, 0) is 31.5 Å². The maximum atomic E-state index is 11.3. The molecule has 0 unspecified atom stereocenters. The van der Waals surface area contributed by atoms with E-state index in [1.165, 1.54) is 12.1 Å². The molecule has 9 nitrogen and oxygen atoms in total. The van der Waals surface area contributed by atoms with Gasteiger partial charge in [-0.2, -0.15) is 13.1 Å². The monoisotopic (exact) mass is 329 g/mol. The van der Waals surface area contributed by atoms with Gasteiger partial charge < -0.3 is 4.74 Å². The standard InChI is InChI=1S/C7H11N3O6S3/c1-16-7(11)10-19(14,15)9-4-5-2-3-6(17-5)18(8,12)13/h2-3,9H,4H2,1H3,(H,10,11)(H2,8,12,13). The summed E-state index contributed by atoms with van der Waals surface area (Å²) in [5, 5.41) is 4.91. The van der Waals surface area contributed by atoms with E-state index in [2.05, 4.69) is 4.74 Å². The number of thiophene rings is 1. The molecule has 1 heterocycles. The van der Waals surface area contributed by atoms with Crippen LogP contribution in [0.15, 0.2) is 16.3 Å². The van der Waals surface area contributed by atoms with Crippen molar-refractivity contribution < 1.29 is 26.4 Å². The van der Waals surface area contributed by atoms with Gasteiger partial charge in [0.05, 0.1) is 7.11 Å². The Balaban J connectivity index is 2.67. The van der Waals surface area contributed by atoms with E-state index in [0.29, 0.717) is 4.88 Å². The van der Waals surface area contributed by atoms with E-state index in [1.807, 2.05) is 4.72 Å². The van der Waals surface area contributed by atoms with Gasteiger partial charge in [-0.05, 0) is 12.1 Å². The van der Waals surface area contributed by atoms with Crippen molar-refractivity contribution in [2.45, 2.75) is 10.8 Å². The number of hydrogen-bond donors (Lipinski definition) is 3. The third-order valence-electron chi connectivity index (χ3n) is 1.76. The summed E-state index contributed by atoms with van der Waals surface area (Å²) in [5.74, 6) is 0. The van der Waals surface area contributed by atoms with Crippen molar-refractivity contribution in [2.24, 2.45) is 5.14 Å². The van der Waals surface area contributed by atoms with E-state index >= 15 is 0 Å². The van der Waals surface area contributed by atoms with Crippen LogP contribution in [0, 0.1) is 0 Å². The number of carbonyl (C=O) groups excluding carboxylic acids is 1. The average Bonchev–Trinajstić information content (AvgIpc) is 2.74. The minimum atomic E-state index is -4.07. The van der Waals surface area contributed by atoms with Crippen molar-refractivity contribution in [3.05, 3.63) is 17.0 Å². The number of rotatable bonds is 5. The second-order valence-electron chi connectivity index (χ2n) is 3.18. The molecular weight excluding hydrogens is 318 g/mol. The van der Waals surface area contributed by atoms with Crippen LogP contribution in [0.1, 0.15) is 4.88 Å². The highest BCUT2D eigenvalue weighted by Crippen LogP contribution is 2.19. The van der Waals surface area contributed by atoms with E-state index in [0.717, 1.165) is 18.4 Å². The maximum Gasteiger partial charge on any atom is 0.421 e. The fraction of sp³-hybridized carbons (Fsp3) is 0.286. The molecule has 1 rings (SSSR count).